The standard InChI is InChI=1S/C21H21F2N3O3/c1-3-11-28-21(27)25-14-7-5-13(6-8-14)19-18(24)16-10-9-15(29-20(22)23)12-17(16)26(19)4-2/h3,5-10,12,20H,1,4,11,24H2,2H3,(H,25,27). The number of carbonyl (C=O) groups excluding carboxylic acids is 1. The van der Waals surface area contributed by atoms with Gasteiger partial charge in [-0.1, -0.05) is 24.8 Å². The number of rotatable bonds is 7. The summed E-state index contributed by atoms with van der Waals surface area (Å²) in [4.78, 5) is 11.6. The Morgan fingerprint density at radius 1 is 1.28 bits per heavy atom. The monoisotopic (exact) mass is 401 g/mol. The maximum Gasteiger partial charge on any atom is 0.411 e. The van der Waals surface area contributed by atoms with Gasteiger partial charge < -0.3 is 19.8 Å². The van der Waals surface area contributed by atoms with Crippen LogP contribution in [0.25, 0.3) is 22.2 Å². The van der Waals surface area contributed by atoms with E-state index in [0.717, 1.165) is 16.6 Å². The molecule has 0 aliphatic carbocycles. The van der Waals surface area contributed by atoms with Crippen LogP contribution in [0.15, 0.2) is 55.1 Å². The van der Waals surface area contributed by atoms with Gasteiger partial charge >= 0.3 is 12.7 Å². The summed E-state index contributed by atoms with van der Waals surface area (Å²) < 4.78 is 36.4. The summed E-state index contributed by atoms with van der Waals surface area (Å²) >= 11 is 0. The second kappa shape index (κ2) is 8.64. The van der Waals surface area contributed by atoms with Crippen molar-refractivity contribution in [1.82, 2.24) is 4.57 Å². The van der Waals surface area contributed by atoms with Crippen molar-refractivity contribution in [2.45, 2.75) is 20.1 Å². The van der Waals surface area contributed by atoms with Gasteiger partial charge in [0.2, 0.25) is 0 Å². The Labute approximate surface area is 166 Å². The van der Waals surface area contributed by atoms with Crippen LogP contribution in [-0.4, -0.2) is 23.9 Å². The molecule has 8 heteroatoms. The molecule has 0 aliphatic rings. The highest BCUT2D eigenvalue weighted by atomic mass is 19.3. The van der Waals surface area contributed by atoms with E-state index in [1.165, 1.54) is 12.1 Å². The zero-order valence-electron chi connectivity index (χ0n) is 15.8. The number of ether oxygens (including phenoxy) is 2. The van der Waals surface area contributed by atoms with Gasteiger partial charge in [0, 0.05) is 29.2 Å². The molecule has 29 heavy (non-hydrogen) atoms. The number of nitrogens with one attached hydrogen (secondary N) is 1. The van der Waals surface area contributed by atoms with Gasteiger partial charge in [-0.15, -0.1) is 0 Å². The van der Waals surface area contributed by atoms with Crippen LogP contribution in [0.3, 0.4) is 0 Å². The molecule has 0 atom stereocenters. The van der Waals surface area contributed by atoms with Gasteiger partial charge in [0.1, 0.15) is 12.4 Å². The van der Waals surface area contributed by atoms with E-state index in [9.17, 15) is 13.6 Å². The molecule has 0 spiro atoms. The van der Waals surface area contributed by atoms with E-state index < -0.39 is 12.7 Å². The zero-order chi connectivity index (χ0) is 21.0. The average Bonchev–Trinajstić information content (AvgIpc) is 2.97. The van der Waals surface area contributed by atoms with Gasteiger partial charge in [-0.25, -0.2) is 4.79 Å². The van der Waals surface area contributed by atoms with Crippen LogP contribution in [0.4, 0.5) is 25.0 Å². The van der Waals surface area contributed by atoms with E-state index in [0.29, 0.717) is 23.4 Å². The highest BCUT2D eigenvalue weighted by molar-refractivity contribution is 6.01. The summed E-state index contributed by atoms with van der Waals surface area (Å²) in [5.74, 6) is 0.0730. The van der Waals surface area contributed by atoms with Gasteiger partial charge in [-0.05, 0) is 31.2 Å². The molecule has 3 rings (SSSR count). The fraction of sp³-hybridized carbons (Fsp3) is 0.190. The number of alkyl halides is 2. The van der Waals surface area contributed by atoms with Gasteiger partial charge in [0.15, 0.2) is 0 Å². The third-order valence-corrected chi connectivity index (χ3v) is 4.35. The van der Waals surface area contributed by atoms with E-state index in [1.807, 2.05) is 23.6 Å². The van der Waals surface area contributed by atoms with Gasteiger partial charge in [0.05, 0.1) is 16.9 Å². The Bertz CT molecular complexity index is 1030. The topological polar surface area (TPSA) is 78.5 Å². The number of nitrogens with zero attached hydrogens (tertiary/aromatic N) is 1. The van der Waals surface area contributed by atoms with E-state index in [-0.39, 0.29) is 12.4 Å². The number of hydrogen-bond donors (Lipinski definition) is 2. The number of amides is 1. The molecule has 6 nitrogen and oxygen atoms in total. The third kappa shape index (κ3) is 4.31. The van der Waals surface area contributed by atoms with Crippen LogP contribution in [0, 0.1) is 0 Å². The van der Waals surface area contributed by atoms with Gasteiger partial charge in [0.25, 0.3) is 0 Å². The van der Waals surface area contributed by atoms with E-state index >= 15 is 0 Å². The highest BCUT2D eigenvalue weighted by Crippen LogP contribution is 2.38. The van der Waals surface area contributed by atoms with Crippen molar-refractivity contribution in [2.75, 3.05) is 17.7 Å². The molecule has 2 aromatic carbocycles. The highest BCUT2D eigenvalue weighted by Gasteiger charge is 2.17. The molecular weight excluding hydrogens is 380 g/mol. The van der Waals surface area contributed by atoms with E-state index in [2.05, 4.69) is 16.6 Å². The molecule has 0 saturated heterocycles. The molecule has 1 amide bonds. The van der Waals surface area contributed by atoms with Crippen molar-refractivity contribution in [3.05, 3.63) is 55.1 Å². The fourth-order valence-electron chi connectivity index (χ4n) is 3.17. The van der Waals surface area contributed by atoms with E-state index in [1.54, 1.807) is 24.3 Å². The second-order valence-electron chi connectivity index (χ2n) is 6.15. The molecule has 0 unspecified atom stereocenters. The summed E-state index contributed by atoms with van der Waals surface area (Å²) in [7, 11) is 0. The Hall–Kier alpha value is -3.55. The number of nitrogen functional groups attached to an aromatic ring is 1. The molecule has 0 bridgehead atoms. The number of halogens is 2. The normalized spacial score (nSPS) is 10.9. The SMILES string of the molecule is C=CCOC(=O)Nc1ccc(-c2c(N)c3ccc(OC(F)F)cc3n2CC)cc1. The predicted molar refractivity (Wildman–Crippen MR) is 109 cm³/mol. The quantitative estimate of drug-likeness (QED) is 0.530. The lowest BCUT2D eigenvalue weighted by Crippen LogP contribution is -2.13. The number of fused-ring (bicyclic) bond motifs is 1. The number of anilines is 2. The van der Waals surface area contributed by atoms with Gasteiger partial charge in [-0.2, -0.15) is 8.78 Å². The molecule has 152 valence electrons. The van der Waals surface area contributed by atoms with Crippen LogP contribution < -0.4 is 15.8 Å². The number of aromatic nitrogens is 1. The lowest BCUT2D eigenvalue weighted by Gasteiger charge is -2.11. The molecule has 0 saturated carbocycles. The Balaban J connectivity index is 1.95. The molecule has 0 fully saturated rings. The number of carbonyl (C=O) groups is 1. The summed E-state index contributed by atoms with van der Waals surface area (Å²) in [6, 6.07) is 11.8. The first-order valence-corrected chi connectivity index (χ1v) is 8.96. The van der Waals surface area contributed by atoms with Crippen LogP contribution in [-0.2, 0) is 11.3 Å². The Kier molecular flexibility index (Phi) is 6.01. The second-order valence-corrected chi connectivity index (χ2v) is 6.15. The number of aryl methyl sites for hydroxylation is 1. The zero-order valence-corrected chi connectivity index (χ0v) is 15.8. The van der Waals surface area contributed by atoms with Crippen LogP contribution in [0.2, 0.25) is 0 Å². The largest absolute Gasteiger partial charge is 0.445 e. The van der Waals surface area contributed by atoms with Crippen LogP contribution >= 0.6 is 0 Å². The Morgan fingerprint density at radius 2 is 2.00 bits per heavy atom. The molecule has 1 aromatic heterocycles. The van der Waals surface area contributed by atoms with E-state index in [4.69, 9.17) is 10.5 Å². The minimum atomic E-state index is -2.90. The number of benzene rings is 2. The number of hydrogen-bond acceptors (Lipinski definition) is 4. The summed E-state index contributed by atoms with van der Waals surface area (Å²) in [5, 5.41) is 3.37. The van der Waals surface area contributed by atoms with Crippen molar-refractivity contribution in [3.8, 4) is 17.0 Å². The Morgan fingerprint density at radius 3 is 2.62 bits per heavy atom. The first-order chi connectivity index (χ1) is 13.9. The molecule has 1 heterocycles. The molecular formula is C21H21F2N3O3. The van der Waals surface area contributed by atoms with Crippen LogP contribution in [0.1, 0.15) is 6.92 Å². The molecule has 0 aliphatic heterocycles. The summed E-state index contributed by atoms with van der Waals surface area (Å²) in [6.07, 6.45) is 0.902. The molecule has 0 radical (unpaired) electrons. The van der Waals surface area contributed by atoms with Crippen molar-refractivity contribution in [1.29, 1.82) is 0 Å². The maximum atomic E-state index is 12.6. The first kappa shape index (κ1) is 20.2. The molecule has 3 N–H and O–H groups in total. The lowest BCUT2D eigenvalue weighted by atomic mass is 10.1. The molecule has 3 aromatic rings. The lowest BCUT2D eigenvalue weighted by molar-refractivity contribution is -0.0497. The summed E-state index contributed by atoms with van der Waals surface area (Å²) in [6.45, 7) is 3.22. The first-order valence-electron chi connectivity index (χ1n) is 8.96. The van der Waals surface area contributed by atoms with Crippen LogP contribution in [0.5, 0.6) is 5.75 Å². The minimum absolute atomic E-state index is 0.0730. The smallest absolute Gasteiger partial charge is 0.411 e. The summed E-state index contributed by atoms with van der Waals surface area (Å²) in [5.41, 5.74) is 9.75. The van der Waals surface area contributed by atoms with Crippen molar-refractivity contribution in [2.24, 2.45) is 0 Å². The number of nitrogens with two attached hydrogens (primary N) is 1. The fourth-order valence-corrected chi connectivity index (χ4v) is 3.17. The minimum Gasteiger partial charge on any atom is -0.445 e. The van der Waals surface area contributed by atoms with Crippen molar-refractivity contribution in [3.63, 3.8) is 0 Å². The van der Waals surface area contributed by atoms with Gasteiger partial charge in [-0.3, -0.25) is 5.32 Å². The van der Waals surface area contributed by atoms with Crippen molar-refractivity contribution >= 4 is 28.4 Å². The van der Waals surface area contributed by atoms with Crippen molar-refractivity contribution < 1.29 is 23.0 Å². The maximum absolute atomic E-state index is 12.6. The predicted octanol–water partition coefficient (Wildman–Crippen LogP) is 5.25. The average molecular weight is 401 g/mol. The third-order valence-electron chi connectivity index (χ3n) is 4.35.